The van der Waals surface area contributed by atoms with E-state index in [4.69, 9.17) is 4.42 Å². The summed E-state index contributed by atoms with van der Waals surface area (Å²) in [6, 6.07) is 3.43. The van der Waals surface area contributed by atoms with Gasteiger partial charge < -0.3 is 9.32 Å². The number of hydrogen-bond donors (Lipinski definition) is 0. The Morgan fingerprint density at radius 3 is 2.83 bits per heavy atom. The Morgan fingerprint density at radius 2 is 2.25 bits per heavy atom. The van der Waals surface area contributed by atoms with Crippen molar-refractivity contribution in [2.75, 3.05) is 18.1 Å². The molecule has 0 spiro atoms. The zero-order valence-electron chi connectivity index (χ0n) is 13.7. The molecule has 3 rings (SSSR count). The number of carbonyl (C=O) groups excluding carboxylic acids is 1. The predicted octanol–water partition coefficient (Wildman–Crippen LogP) is 2.75. The number of hydrogen-bond acceptors (Lipinski definition) is 6. The van der Waals surface area contributed by atoms with Crippen molar-refractivity contribution in [1.82, 2.24) is 9.88 Å². The Morgan fingerprint density at radius 1 is 1.46 bits per heavy atom. The topological polar surface area (TPSA) is 80.5 Å². The molecule has 1 amide bonds. The average Bonchev–Trinajstić information content (AvgIpc) is 3.23. The van der Waals surface area contributed by atoms with Gasteiger partial charge in [0.1, 0.15) is 11.5 Å². The van der Waals surface area contributed by atoms with Crippen molar-refractivity contribution in [2.24, 2.45) is 0 Å². The first-order valence-electron chi connectivity index (χ1n) is 7.93. The molecule has 0 aromatic carbocycles. The third-order valence-corrected chi connectivity index (χ3v) is 6.66. The molecule has 1 atom stereocenters. The van der Waals surface area contributed by atoms with Gasteiger partial charge in [-0.1, -0.05) is 6.92 Å². The first-order chi connectivity index (χ1) is 11.4. The highest BCUT2D eigenvalue weighted by atomic mass is 32.2. The normalized spacial score (nSPS) is 19.5. The SMILES string of the molecule is CCCN(C(=O)c1csc(-c2ccc(C)o2)n1)C1CCS(=O)(=O)C1. The maximum atomic E-state index is 12.8. The molecule has 0 bridgehead atoms. The monoisotopic (exact) mass is 368 g/mol. The van der Waals surface area contributed by atoms with Crippen LogP contribution in [-0.2, 0) is 9.84 Å². The van der Waals surface area contributed by atoms with E-state index in [2.05, 4.69) is 4.98 Å². The van der Waals surface area contributed by atoms with Crippen molar-refractivity contribution < 1.29 is 17.6 Å². The van der Waals surface area contributed by atoms with Gasteiger partial charge >= 0.3 is 0 Å². The van der Waals surface area contributed by atoms with Crippen molar-refractivity contribution in [3.05, 3.63) is 29.0 Å². The van der Waals surface area contributed by atoms with E-state index in [1.54, 1.807) is 10.3 Å². The number of amides is 1. The van der Waals surface area contributed by atoms with E-state index in [1.807, 2.05) is 26.0 Å². The number of thiazole rings is 1. The summed E-state index contributed by atoms with van der Waals surface area (Å²) >= 11 is 1.35. The number of rotatable bonds is 5. The molecule has 8 heteroatoms. The van der Waals surface area contributed by atoms with Crippen molar-refractivity contribution in [3.63, 3.8) is 0 Å². The number of nitrogens with zero attached hydrogens (tertiary/aromatic N) is 2. The Hall–Kier alpha value is -1.67. The first-order valence-corrected chi connectivity index (χ1v) is 10.6. The average molecular weight is 368 g/mol. The molecule has 0 radical (unpaired) electrons. The molecule has 6 nitrogen and oxygen atoms in total. The smallest absolute Gasteiger partial charge is 0.273 e. The van der Waals surface area contributed by atoms with Crippen LogP contribution in [0.3, 0.4) is 0 Å². The summed E-state index contributed by atoms with van der Waals surface area (Å²) in [5, 5.41) is 2.36. The standard InChI is InChI=1S/C16H20N2O4S2/c1-3-7-18(12-6-8-24(20,21)10-12)16(19)13-9-23-15(17-13)14-5-4-11(2)22-14/h4-5,9,12H,3,6-8,10H2,1-2H3. The van der Waals surface area contributed by atoms with Crippen molar-refractivity contribution >= 4 is 27.1 Å². The van der Waals surface area contributed by atoms with Crippen LogP contribution in [0.2, 0.25) is 0 Å². The number of aromatic nitrogens is 1. The second-order valence-corrected chi connectivity index (χ2v) is 9.09. The maximum Gasteiger partial charge on any atom is 0.273 e. The number of sulfone groups is 1. The van der Waals surface area contributed by atoms with Crippen LogP contribution in [0.15, 0.2) is 21.9 Å². The van der Waals surface area contributed by atoms with Gasteiger partial charge in [-0.2, -0.15) is 0 Å². The summed E-state index contributed by atoms with van der Waals surface area (Å²) in [7, 11) is -3.04. The molecule has 0 saturated carbocycles. The second kappa shape index (κ2) is 6.68. The van der Waals surface area contributed by atoms with Crippen LogP contribution in [0, 0.1) is 6.92 Å². The van der Waals surface area contributed by atoms with Gasteiger partial charge in [0.25, 0.3) is 5.91 Å². The molecule has 24 heavy (non-hydrogen) atoms. The van der Waals surface area contributed by atoms with Crippen LogP contribution in [0.1, 0.15) is 36.0 Å². The van der Waals surface area contributed by atoms with Gasteiger partial charge in [-0.25, -0.2) is 13.4 Å². The summed E-state index contributed by atoms with van der Waals surface area (Å²) in [5.41, 5.74) is 0.349. The summed E-state index contributed by atoms with van der Waals surface area (Å²) < 4.78 is 29.0. The van der Waals surface area contributed by atoms with Crippen molar-refractivity contribution in [2.45, 2.75) is 32.7 Å². The number of aryl methyl sites for hydroxylation is 1. The van der Waals surface area contributed by atoms with E-state index in [0.717, 1.165) is 12.2 Å². The van der Waals surface area contributed by atoms with Gasteiger partial charge in [0.15, 0.2) is 20.6 Å². The molecule has 2 aromatic heterocycles. The molecular formula is C16H20N2O4S2. The van der Waals surface area contributed by atoms with Gasteiger partial charge in [-0.05, 0) is 31.9 Å². The minimum atomic E-state index is -3.04. The van der Waals surface area contributed by atoms with E-state index < -0.39 is 9.84 Å². The number of carbonyl (C=O) groups is 1. The van der Waals surface area contributed by atoms with Gasteiger partial charge in [0.2, 0.25) is 0 Å². The van der Waals surface area contributed by atoms with Gasteiger partial charge in [-0.15, -0.1) is 11.3 Å². The Balaban J connectivity index is 1.82. The second-order valence-electron chi connectivity index (χ2n) is 6.00. The van der Waals surface area contributed by atoms with E-state index in [-0.39, 0.29) is 23.5 Å². The molecule has 1 unspecified atom stereocenters. The molecule has 1 fully saturated rings. The highest BCUT2D eigenvalue weighted by Gasteiger charge is 2.35. The molecular weight excluding hydrogens is 348 g/mol. The zero-order valence-corrected chi connectivity index (χ0v) is 15.3. The van der Waals surface area contributed by atoms with Crippen molar-refractivity contribution in [1.29, 1.82) is 0 Å². The molecule has 130 valence electrons. The maximum absolute atomic E-state index is 12.8. The fourth-order valence-corrected chi connectivity index (χ4v) is 5.38. The van der Waals surface area contributed by atoms with Crippen LogP contribution in [0.5, 0.6) is 0 Å². The molecule has 1 aliphatic heterocycles. The minimum Gasteiger partial charge on any atom is -0.459 e. The first kappa shape index (κ1) is 17.2. The van der Waals surface area contributed by atoms with Crippen molar-refractivity contribution in [3.8, 4) is 10.8 Å². The lowest BCUT2D eigenvalue weighted by Crippen LogP contribution is -2.41. The van der Waals surface area contributed by atoms with Crippen LogP contribution in [0.4, 0.5) is 0 Å². The van der Waals surface area contributed by atoms with Crippen LogP contribution in [0.25, 0.3) is 10.8 Å². The zero-order chi connectivity index (χ0) is 17.3. The third kappa shape index (κ3) is 3.54. The molecule has 1 aliphatic rings. The molecule has 1 saturated heterocycles. The fourth-order valence-electron chi connectivity index (χ4n) is 2.89. The predicted molar refractivity (Wildman–Crippen MR) is 92.9 cm³/mol. The lowest BCUT2D eigenvalue weighted by molar-refractivity contribution is 0.0692. The molecule has 2 aromatic rings. The molecule has 3 heterocycles. The Bertz CT molecular complexity index is 838. The van der Waals surface area contributed by atoms with Gasteiger partial charge in [0.05, 0.1) is 11.5 Å². The molecule has 0 N–H and O–H groups in total. The van der Waals surface area contributed by atoms with Crippen LogP contribution < -0.4 is 0 Å². The van der Waals surface area contributed by atoms with Gasteiger partial charge in [-0.3, -0.25) is 4.79 Å². The lowest BCUT2D eigenvalue weighted by Gasteiger charge is -2.27. The van der Waals surface area contributed by atoms with Crippen LogP contribution in [-0.4, -0.2) is 48.3 Å². The van der Waals surface area contributed by atoms with E-state index in [0.29, 0.717) is 29.4 Å². The van der Waals surface area contributed by atoms with E-state index in [1.165, 1.54) is 11.3 Å². The van der Waals surface area contributed by atoms with E-state index in [9.17, 15) is 13.2 Å². The summed E-state index contributed by atoms with van der Waals surface area (Å²) in [4.78, 5) is 18.9. The quantitative estimate of drug-likeness (QED) is 0.811. The third-order valence-electron chi connectivity index (χ3n) is 4.05. The summed E-state index contributed by atoms with van der Waals surface area (Å²) in [6.45, 7) is 4.36. The highest BCUT2D eigenvalue weighted by molar-refractivity contribution is 7.91. The van der Waals surface area contributed by atoms with Crippen LogP contribution >= 0.6 is 11.3 Å². The minimum absolute atomic E-state index is 0.0487. The lowest BCUT2D eigenvalue weighted by atomic mass is 10.2. The fraction of sp³-hybridized carbons (Fsp3) is 0.500. The Kier molecular flexibility index (Phi) is 4.78. The van der Waals surface area contributed by atoms with E-state index >= 15 is 0 Å². The van der Waals surface area contributed by atoms with Gasteiger partial charge in [0, 0.05) is 18.0 Å². The highest BCUT2D eigenvalue weighted by Crippen LogP contribution is 2.27. The number of furan rings is 1. The Labute approximate surface area is 145 Å². The summed E-state index contributed by atoms with van der Waals surface area (Å²) in [5.74, 6) is 1.43. The largest absolute Gasteiger partial charge is 0.459 e. The molecule has 0 aliphatic carbocycles. The summed E-state index contributed by atoms with van der Waals surface area (Å²) in [6.07, 6.45) is 1.28.